The van der Waals surface area contributed by atoms with E-state index >= 15 is 0 Å². The molecule has 0 amide bonds. The fourth-order valence-electron chi connectivity index (χ4n) is 1.67. The topological polar surface area (TPSA) is 12.5 Å². The van der Waals surface area contributed by atoms with Crippen molar-refractivity contribution in [2.75, 3.05) is 12.4 Å². The van der Waals surface area contributed by atoms with Gasteiger partial charge in [0.25, 0.3) is 0 Å². The van der Waals surface area contributed by atoms with Gasteiger partial charge in [-0.3, -0.25) is 0 Å². The van der Waals surface area contributed by atoms with Gasteiger partial charge in [-0.05, 0) is 17.9 Å². The predicted molar refractivity (Wildman–Crippen MR) is 57.1 cm³/mol. The van der Waals surface area contributed by atoms with Crippen LogP contribution in [0.5, 0.6) is 0 Å². The molecule has 6 heteroatoms. The van der Waals surface area contributed by atoms with Crippen molar-refractivity contribution in [2.45, 2.75) is 17.8 Å². The van der Waals surface area contributed by atoms with E-state index < -0.39 is 22.5 Å². The van der Waals surface area contributed by atoms with E-state index in [1.165, 1.54) is 0 Å². The lowest BCUT2D eigenvalue weighted by molar-refractivity contribution is 0.00788. The van der Waals surface area contributed by atoms with E-state index in [-0.39, 0.29) is 17.9 Å². The number of benzene rings is 1. The molecule has 94 valence electrons. The average molecular weight is 266 g/mol. The largest absolute Gasteiger partial charge is 0.357 e. The number of ether oxygens (including phenoxy) is 1. The molecular weight excluding hydrogens is 256 g/mol. The van der Waals surface area contributed by atoms with Crippen LogP contribution in [0.4, 0.5) is 17.6 Å². The lowest BCUT2D eigenvalue weighted by atomic mass is 9.99. The quantitative estimate of drug-likeness (QED) is 0.610. The highest BCUT2D eigenvalue weighted by Crippen LogP contribution is 2.56. The van der Waals surface area contributed by atoms with Crippen molar-refractivity contribution in [1.29, 1.82) is 0 Å². The van der Waals surface area contributed by atoms with Crippen molar-refractivity contribution < 1.29 is 22.3 Å². The minimum Gasteiger partial charge on any atom is -0.357 e. The molecule has 1 aliphatic heterocycles. The molecule has 1 aromatic rings. The van der Waals surface area contributed by atoms with E-state index in [4.69, 9.17) is 4.74 Å². The summed E-state index contributed by atoms with van der Waals surface area (Å²) in [5, 5.41) is -3.22. The zero-order valence-corrected chi connectivity index (χ0v) is 9.79. The Morgan fingerprint density at radius 3 is 2.53 bits per heavy atom. The second-order valence-corrected chi connectivity index (χ2v) is 5.07. The molecule has 1 fully saturated rings. The van der Waals surface area contributed by atoms with Crippen LogP contribution in [0, 0.1) is 11.6 Å². The maximum absolute atomic E-state index is 13.8. The highest BCUT2D eigenvalue weighted by Gasteiger charge is 2.66. The summed E-state index contributed by atoms with van der Waals surface area (Å²) in [6.07, 6.45) is 0. The molecule has 17 heavy (non-hydrogen) atoms. The molecule has 0 bridgehead atoms. The van der Waals surface area contributed by atoms with E-state index in [0.29, 0.717) is 17.8 Å². The van der Waals surface area contributed by atoms with Gasteiger partial charge in [-0.25, -0.2) is 8.78 Å². The first-order valence-corrected chi connectivity index (χ1v) is 6.03. The van der Waals surface area contributed by atoms with Crippen LogP contribution in [0.2, 0.25) is 0 Å². The Morgan fingerprint density at radius 1 is 1.41 bits per heavy atom. The van der Waals surface area contributed by atoms with E-state index in [9.17, 15) is 17.6 Å². The summed E-state index contributed by atoms with van der Waals surface area (Å²) in [4.78, 5) is 0. The molecule has 0 radical (unpaired) electrons. The van der Waals surface area contributed by atoms with Gasteiger partial charge in [-0.1, -0.05) is 18.7 Å². The molecule has 0 aromatic heterocycles. The Hall–Kier alpha value is -0.750. The average Bonchev–Trinajstić information content (AvgIpc) is 2.98. The molecule has 1 unspecified atom stereocenters. The van der Waals surface area contributed by atoms with Gasteiger partial charge in [-0.15, -0.1) is 0 Å². The van der Waals surface area contributed by atoms with Crippen molar-refractivity contribution in [3.8, 4) is 0 Å². The van der Waals surface area contributed by atoms with Gasteiger partial charge >= 0.3 is 5.25 Å². The Labute approximate surface area is 100 Å². The number of alkyl halides is 2. The van der Waals surface area contributed by atoms with Gasteiger partial charge in [0.1, 0.15) is 11.6 Å². The van der Waals surface area contributed by atoms with Gasteiger partial charge in [0.2, 0.25) is 0 Å². The molecule has 0 N–H and O–H groups in total. The molecule has 2 rings (SSSR count). The Balaban J connectivity index is 2.39. The highest BCUT2D eigenvalue weighted by molar-refractivity contribution is 8.00. The van der Waals surface area contributed by atoms with Crippen LogP contribution in [-0.2, 0) is 10.3 Å². The van der Waals surface area contributed by atoms with Gasteiger partial charge in [-0.2, -0.15) is 8.78 Å². The first-order chi connectivity index (χ1) is 7.93. The predicted octanol–water partition coefficient (Wildman–Crippen LogP) is 3.54. The molecule has 1 nitrogen and oxygen atoms in total. The number of epoxide rings is 1. The van der Waals surface area contributed by atoms with Crippen molar-refractivity contribution >= 4 is 11.8 Å². The maximum atomic E-state index is 13.8. The van der Waals surface area contributed by atoms with Gasteiger partial charge in [0.05, 0.1) is 6.61 Å². The molecule has 1 heterocycles. The lowest BCUT2D eigenvalue weighted by Gasteiger charge is -2.23. The van der Waals surface area contributed by atoms with Crippen LogP contribution in [-0.4, -0.2) is 17.6 Å². The van der Waals surface area contributed by atoms with Crippen molar-refractivity contribution in [2.24, 2.45) is 0 Å². The third-order valence-electron chi connectivity index (χ3n) is 2.59. The van der Waals surface area contributed by atoms with Crippen LogP contribution < -0.4 is 0 Å². The van der Waals surface area contributed by atoms with E-state index in [2.05, 4.69) is 0 Å². The summed E-state index contributed by atoms with van der Waals surface area (Å²) in [5.74, 6) is -1.62. The summed E-state index contributed by atoms with van der Waals surface area (Å²) >= 11 is 0.392. The molecule has 1 aromatic carbocycles. The molecular formula is C11H10F4OS. The van der Waals surface area contributed by atoms with Gasteiger partial charge in [0.15, 0.2) is 5.60 Å². The summed E-state index contributed by atoms with van der Waals surface area (Å²) < 4.78 is 58.6. The monoisotopic (exact) mass is 266 g/mol. The minimum atomic E-state index is -3.22. The smallest absolute Gasteiger partial charge is 0.328 e. The molecule has 0 spiro atoms. The van der Waals surface area contributed by atoms with Crippen LogP contribution in [0.15, 0.2) is 18.2 Å². The fourth-order valence-corrected chi connectivity index (χ4v) is 2.49. The standard InChI is InChI=1S/C11H10F4OS/c1-2-17-11(14,15)10(6-16-10)8-4-3-7(12)5-9(8)13/h3-5H,2,6H2,1H3. The van der Waals surface area contributed by atoms with Crippen molar-refractivity contribution in [3.05, 3.63) is 35.4 Å². The summed E-state index contributed by atoms with van der Waals surface area (Å²) in [7, 11) is 0. The first kappa shape index (κ1) is 12.7. The molecule has 0 saturated carbocycles. The number of hydrogen-bond acceptors (Lipinski definition) is 2. The van der Waals surface area contributed by atoms with Gasteiger partial charge in [0, 0.05) is 11.6 Å². The van der Waals surface area contributed by atoms with E-state index in [0.717, 1.165) is 12.1 Å². The van der Waals surface area contributed by atoms with Crippen LogP contribution in [0.3, 0.4) is 0 Å². The Kier molecular flexibility index (Phi) is 3.12. The third kappa shape index (κ3) is 2.04. The highest BCUT2D eigenvalue weighted by atomic mass is 32.2. The zero-order chi connectivity index (χ0) is 12.7. The molecule has 0 aliphatic carbocycles. The second kappa shape index (κ2) is 4.17. The normalized spacial score (nSPS) is 23.8. The van der Waals surface area contributed by atoms with E-state index in [1.54, 1.807) is 6.92 Å². The van der Waals surface area contributed by atoms with Crippen LogP contribution in [0.25, 0.3) is 0 Å². The second-order valence-electron chi connectivity index (χ2n) is 3.69. The van der Waals surface area contributed by atoms with E-state index in [1.807, 2.05) is 0 Å². The van der Waals surface area contributed by atoms with Crippen molar-refractivity contribution in [3.63, 3.8) is 0 Å². The zero-order valence-electron chi connectivity index (χ0n) is 8.97. The van der Waals surface area contributed by atoms with Crippen LogP contribution in [0.1, 0.15) is 12.5 Å². The van der Waals surface area contributed by atoms with Crippen LogP contribution >= 0.6 is 11.8 Å². The number of halogens is 4. The minimum absolute atomic E-state index is 0.181. The number of hydrogen-bond donors (Lipinski definition) is 0. The molecule has 1 aliphatic rings. The summed E-state index contributed by atoms with van der Waals surface area (Å²) in [6, 6.07) is 2.56. The first-order valence-electron chi connectivity index (χ1n) is 5.04. The summed E-state index contributed by atoms with van der Waals surface area (Å²) in [6.45, 7) is 1.32. The number of rotatable bonds is 4. The maximum Gasteiger partial charge on any atom is 0.328 e. The summed E-state index contributed by atoms with van der Waals surface area (Å²) in [5.41, 5.74) is -2.23. The van der Waals surface area contributed by atoms with Crippen molar-refractivity contribution in [1.82, 2.24) is 0 Å². The van der Waals surface area contributed by atoms with Gasteiger partial charge < -0.3 is 4.74 Å². The fraction of sp³-hybridized carbons (Fsp3) is 0.455. The molecule has 1 atom stereocenters. The SMILES string of the molecule is CCSC(F)(F)C1(c2ccc(F)cc2F)CO1. The number of thioether (sulfide) groups is 1. The Bertz CT molecular complexity index is 431. The molecule has 1 saturated heterocycles. The Morgan fingerprint density at radius 2 is 2.06 bits per heavy atom. The lowest BCUT2D eigenvalue weighted by Crippen LogP contribution is -2.33. The third-order valence-corrected chi connectivity index (χ3v) is 3.58.